The van der Waals surface area contributed by atoms with E-state index in [9.17, 15) is 5.26 Å². The van der Waals surface area contributed by atoms with Crippen molar-refractivity contribution in [3.8, 4) is 34.1 Å². The van der Waals surface area contributed by atoms with Crippen LogP contribution in [0.2, 0.25) is 5.02 Å². The summed E-state index contributed by atoms with van der Waals surface area (Å²) in [6.45, 7) is 0. The molecule has 8 heteroatoms. The molecule has 0 aliphatic heterocycles. The Morgan fingerprint density at radius 1 is 1.05 bits per heavy atom. The average Bonchev–Trinajstić information content (AvgIpc) is 3.13. The Hall–Kier alpha value is -2.74. The van der Waals surface area contributed by atoms with Gasteiger partial charge in [0.25, 0.3) is 0 Å². The first-order valence-corrected chi connectivity index (χ1v) is 6.90. The van der Waals surface area contributed by atoms with Crippen molar-refractivity contribution in [2.45, 2.75) is 0 Å². The number of hydrogen-bond acceptors (Lipinski definition) is 6. The number of hydrogen-bond donors (Lipinski definition) is 1. The van der Waals surface area contributed by atoms with Crippen molar-refractivity contribution in [2.24, 2.45) is 0 Å². The Kier molecular flexibility index (Phi) is 3.36. The molecule has 2 heterocycles. The fourth-order valence-electron chi connectivity index (χ4n) is 1.75. The van der Waals surface area contributed by atoms with Gasteiger partial charge in [-0.2, -0.15) is 20.8 Å². The number of nitrogens with one attached hydrogen (secondary N) is 1. The van der Waals surface area contributed by atoms with Gasteiger partial charge in [0, 0.05) is 10.6 Å². The lowest BCUT2D eigenvalue weighted by Crippen LogP contribution is -1.86. The van der Waals surface area contributed by atoms with Crippen LogP contribution in [0.25, 0.3) is 22.0 Å². The van der Waals surface area contributed by atoms with Gasteiger partial charge in [-0.3, -0.25) is 0 Å². The lowest BCUT2D eigenvalue weighted by Gasteiger charge is -1.95. The molecular weight excluding hydrogens is 308 g/mol. The molecule has 100 valence electrons. The van der Waals surface area contributed by atoms with Crippen LogP contribution in [-0.2, 0) is 0 Å². The minimum atomic E-state index is 0.111. The van der Waals surface area contributed by atoms with Gasteiger partial charge in [-0.25, -0.2) is 4.98 Å². The minimum absolute atomic E-state index is 0.111. The van der Waals surface area contributed by atoms with Crippen LogP contribution in [0.15, 0.2) is 24.3 Å². The minimum Gasteiger partial charge on any atom is -0.233 e. The van der Waals surface area contributed by atoms with Gasteiger partial charge in [-0.05, 0) is 12.1 Å². The standard InChI is InChI=1S/C13H5ClN6S/c14-8-3-1-7(2-4-8)13-17-12(10(6-16)21-13)11-9(5-15)18-20-19-11/h1-4H,(H,18,19,20). The summed E-state index contributed by atoms with van der Waals surface area (Å²) in [6, 6.07) is 11.1. The summed E-state index contributed by atoms with van der Waals surface area (Å²) in [6.07, 6.45) is 0. The molecule has 0 aliphatic rings. The lowest BCUT2D eigenvalue weighted by molar-refractivity contribution is 0.936. The smallest absolute Gasteiger partial charge is 0.192 e. The molecule has 0 fully saturated rings. The zero-order valence-electron chi connectivity index (χ0n) is 10.3. The van der Waals surface area contributed by atoms with Gasteiger partial charge in [0.05, 0.1) is 0 Å². The average molecular weight is 313 g/mol. The molecular formula is C13H5ClN6S. The van der Waals surface area contributed by atoms with E-state index < -0.39 is 0 Å². The molecule has 0 spiro atoms. The van der Waals surface area contributed by atoms with Crippen molar-refractivity contribution in [1.29, 1.82) is 10.5 Å². The molecule has 1 N–H and O–H groups in total. The van der Waals surface area contributed by atoms with Crippen LogP contribution in [-0.4, -0.2) is 20.4 Å². The highest BCUT2D eigenvalue weighted by molar-refractivity contribution is 7.16. The van der Waals surface area contributed by atoms with Crippen LogP contribution in [0, 0.1) is 22.7 Å². The van der Waals surface area contributed by atoms with Crippen LogP contribution in [0.5, 0.6) is 0 Å². The van der Waals surface area contributed by atoms with Crippen molar-refractivity contribution in [2.75, 3.05) is 0 Å². The quantitative estimate of drug-likeness (QED) is 0.783. The number of nitriles is 2. The number of nitrogens with zero attached hydrogens (tertiary/aromatic N) is 5. The van der Waals surface area contributed by atoms with E-state index >= 15 is 0 Å². The maximum atomic E-state index is 9.24. The molecule has 0 radical (unpaired) electrons. The number of benzene rings is 1. The second-order valence-corrected chi connectivity index (χ2v) is 5.38. The molecule has 0 bridgehead atoms. The zero-order chi connectivity index (χ0) is 14.8. The first-order valence-electron chi connectivity index (χ1n) is 5.71. The van der Waals surface area contributed by atoms with Crippen molar-refractivity contribution in [3.63, 3.8) is 0 Å². The summed E-state index contributed by atoms with van der Waals surface area (Å²) in [5.41, 5.74) is 1.59. The lowest BCUT2D eigenvalue weighted by atomic mass is 10.2. The number of rotatable bonds is 2. The molecule has 1 aromatic carbocycles. The number of H-pyrrole nitrogens is 1. The second kappa shape index (κ2) is 5.33. The van der Waals surface area contributed by atoms with Crippen LogP contribution in [0.3, 0.4) is 0 Å². The van der Waals surface area contributed by atoms with E-state index in [1.165, 1.54) is 11.3 Å². The topological polar surface area (TPSA) is 102 Å². The third-order valence-corrected chi connectivity index (χ3v) is 3.96. The number of aromatic nitrogens is 4. The molecule has 0 atom stereocenters. The van der Waals surface area contributed by atoms with Crippen LogP contribution in [0.4, 0.5) is 0 Å². The number of aromatic amines is 1. The Balaban J connectivity index is 2.14. The molecule has 0 saturated carbocycles. The highest BCUT2D eigenvalue weighted by atomic mass is 35.5. The van der Waals surface area contributed by atoms with Gasteiger partial charge in [0.2, 0.25) is 0 Å². The largest absolute Gasteiger partial charge is 0.233 e. The third kappa shape index (κ3) is 2.36. The van der Waals surface area contributed by atoms with E-state index in [1.54, 1.807) is 12.1 Å². The van der Waals surface area contributed by atoms with Crippen molar-refractivity contribution < 1.29 is 0 Å². The third-order valence-electron chi connectivity index (χ3n) is 2.70. The summed E-state index contributed by atoms with van der Waals surface area (Å²) in [5, 5.41) is 29.5. The highest BCUT2D eigenvalue weighted by Crippen LogP contribution is 2.33. The SMILES string of the molecule is N#Cc1n[nH]nc1-c1nc(-c2ccc(Cl)cc2)sc1C#N. The summed E-state index contributed by atoms with van der Waals surface area (Å²) < 4.78 is 0. The van der Waals surface area contributed by atoms with Crippen LogP contribution in [0.1, 0.15) is 10.6 Å². The van der Waals surface area contributed by atoms with Crippen LogP contribution >= 0.6 is 22.9 Å². The Morgan fingerprint density at radius 3 is 2.48 bits per heavy atom. The number of thiazole rings is 1. The summed E-state index contributed by atoms with van der Waals surface area (Å²) in [5.74, 6) is 0. The summed E-state index contributed by atoms with van der Waals surface area (Å²) >= 11 is 7.09. The Labute approximate surface area is 128 Å². The molecule has 0 amide bonds. The maximum Gasteiger partial charge on any atom is 0.192 e. The van der Waals surface area contributed by atoms with Crippen molar-refractivity contribution in [1.82, 2.24) is 20.4 Å². The molecule has 0 unspecified atom stereocenters. The molecule has 21 heavy (non-hydrogen) atoms. The normalized spacial score (nSPS) is 10.0. The van der Waals surface area contributed by atoms with Crippen LogP contribution < -0.4 is 0 Å². The predicted octanol–water partition coefficient (Wildman–Crippen LogP) is 2.99. The molecule has 6 nitrogen and oxygen atoms in total. The molecule has 0 aliphatic carbocycles. The van der Waals surface area contributed by atoms with E-state index in [0.717, 1.165) is 5.56 Å². The Bertz CT molecular complexity index is 881. The monoisotopic (exact) mass is 312 g/mol. The molecule has 3 aromatic rings. The molecule has 2 aromatic heterocycles. The van der Waals surface area contributed by atoms with E-state index in [4.69, 9.17) is 16.9 Å². The van der Waals surface area contributed by atoms with Gasteiger partial charge in [-0.15, -0.1) is 16.4 Å². The van der Waals surface area contributed by atoms with Gasteiger partial charge in [-0.1, -0.05) is 23.7 Å². The molecule has 3 rings (SSSR count). The fraction of sp³-hybridized carbons (Fsp3) is 0. The van der Waals surface area contributed by atoms with Gasteiger partial charge in [0.1, 0.15) is 27.7 Å². The Morgan fingerprint density at radius 2 is 1.81 bits per heavy atom. The summed E-state index contributed by atoms with van der Waals surface area (Å²) in [7, 11) is 0. The number of halogens is 1. The van der Waals surface area contributed by atoms with Gasteiger partial charge < -0.3 is 0 Å². The highest BCUT2D eigenvalue weighted by Gasteiger charge is 2.20. The van der Waals surface area contributed by atoms with Crippen molar-refractivity contribution in [3.05, 3.63) is 39.9 Å². The molecule has 0 saturated heterocycles. The van der Waals surface area contributed by atoms with Crippen molar-refractivity contribution >= 4 is 22.9 Å². The second-order valence-electron chi connectivity index (χ2n) is 3.95. The predicted molar refractivity (Wildman–Crippen MR) is 77.4 cm³/mol. The first kappa shape index (κ1) is 13.3. The van der Waals surface area contributed by atoms with E-state index in [-0.39, 0.29) is 11.4 Å². The summed E-state index contributed by atoms with van der Waals surface area (Å²) in [4.78, 5) is 4.79. The zero-order valence-corrected chi connectivity index (χ0v) is 11.9. The fourth-order valence-corrected chi connectivity index (χ4v) is 2.74. The van der Waals surface area contributed by atoms with Gasteiger partial charge in [0.15, 0.2) is 11.4 Å². The van der Waals surface area contributed by atoms with E-state index in [2.05, 4.69) is 26.5 Å². The van der Waals surface area contributed by atoms with E-state index in [0.29, 0.717) is 20.6 Å². The first-order chi connectivity index (χ1) is 10.2. The van der Waals surface area contributed by atoms with Gasteiger partial charge >= 0.3 is 0 Å². The maximum absolute atomic E-state index is 9.24. The van der Waals surface area contributed by atoms with E-state index in [1.807, 2.05) is 18.2 Å².